The molecule has 4 aromatic rings. The summed E-state index contributed by atoms with van der Waals surface area (Å²) in [7, 11) is -2.34. The molecule has 0 aliphatic carbocycles. The van der Waals surface area contributed by atoms with Gasteiger partial charge in [-0.25, -0.2) is 13.1 Å². The van der Waals surface area contributed by atoms with Crippen LogP contribution in [0.4, 0.5) is 11.5 Å². The summed E-state index contributed by atoms with van der Waals surface area (Å²) in [6.07, 6.45) is 1.74. The van der Waals surface area contributed by atoms with E-state index in [0.717, 1.165) is 5.69 Å². The van der Waals surface area contributed by atoms with E-state index in [4.69, 9.17) is 0 Å². The van der Waals surface area contributed by atoms with Crippen LogP contribution in [0.2, 0.25) is 0 Å². The Balaban J connectivity index is 1.54. The van der Waals surface area contributed by atoms with Gasteiger partial charge in [-0.05, 0) is 42.5 Å². The maximum absolute atomic E-state index is 13.0. The SMILES string of the molecule is CN(c1ccccc1)S(=O)(=O)c1cccc(C(=O)Nc2ccn(-c3ccccc3)n2)c1. The van der Waals surface area contributed by atoms with Crippen molar-refractivity contribution in [3.05, 3.63) is 103 Å². The maximum atomic E-state index is 13.0. The minimum absolute atomic E-state index is 0.0290. The van der Waals surface area contributed by atoms with E-state index in [1.165, 1.54) is 23.5 Å². The Kier molecular flexibility index (Phi) is 5.55. The predicted molar refractivity (Wildman–Crippen MR) is 120 cm³/mol. The fourth-order valence-corrected chi connectivity index (χ4v) is 4.28. The van der Waals surface area contributed by atoms with Crippen LogP contribution in [0.3, 0.4) is 0 Å². The highest BCUT2D eigenvalue weighted by atomic mass is 32.2. The second-order valence-electron chi connectivity index (χ2n) is 6.77. The monoisotopic (exact) mass is 432 g/mol. The van der Waals surface area contributed by atoms with Crippen molar-refractivity contribution in [3.63, 3.8) is 0 Å². The van der Waals surface area contributed by atoms with Crippen LogP contribution in [0.5, 0.6) is 0 Å². The molecule has 1 heterocycles. The summed E-state index contributed by atoms with van der Waals surface area (Å²) in [4.78, 5) is 12.7. The molecule has 4 rings (SSSR count). The lowest BCUT2D eigenvalue weighted by Gasteiger charge is -2.19. The molecule has 0 bridgehead atoms. The van der Waals surface area contributed by atoms with Crippen molar-refractivity contribution in [2.24, 2.45) is 0 Å². The van der Waals surface area contributed by atoms with Crippen molar-refractivity contribution in [2.45, 2.75) is 4.90 Å². The molecule has 0 saturated heterocycles. The van der Waals surface area contributed by atoms with Crippen LogP contribution in [-0.2, 0) is 10.0 Å². The highest BCUT2D eigenvalue weighted by Gasteiger charge is 2.22. The number of hydrogen-bond acceptors (Lipinski definition) is 4. The predicted octanol–water partition coefficient (Wildman–Crippen LogP) is 3.95. The summed E-state index contributed by atoms with van der Waals surface area (Å²) >= 11 is 0. The first-order chi connectivity index (χ1) is 14.9. The Morgan fingerprint density at radius 2 is 1.58 bits per heavy atom. The van der Waals surface area contributed by atoms with Crippen molar-refractivity contribution in [3.8, 4) is 5.69 Å². The molecule has 31 heavy (non-hydrogen) atoms. The van der Waals surface area contributed by atoms with Crippen molar-refractivity contribution in [1.82, 2.24) is 9.78 Å². The fraction of sp³-hybridized carbons (Fsp3) is 0.0435. The Labute approximate surface area is 180 Å². The molecule has 156 valence electrons. The number of nitrogens with zero attached hydrogens (tertiary/aromatic N) is 3. The highest BCUT2D eigenvalue weighted by molar-refractivity contribution is 7.92. The van der Waals surface area contributed by atoms with Gasteiger partial charge in [0.2, 0.25) is 0 Å². The van der Waals surface area contributed by atoms with E-state index in [0.29, 0.717) is 11.5 Å². The molecule has 7 nitrogen and oxygen atoms in total. The van der Waals surface area contributed by atoms with Crippen LogP contribution in [-0.4, -0.2) is 31.2 Å². The molecule has 0 saturated carbocycles. The second kappa shape index (κ2) is 8.45. The molecule has 0 aliphatic heterocycles. The molecular formula is C23H20N4O3S. The first-order valence-corrected chi connectivity index (χ1v) is 11.0. The third kappa shape index (κ3) is 4.34. The maximum Gasteiger partial charge on any atom is 0.264 e. The second-order valence-corrected chi connectivity index (χ2v) is 8.74. The first-order valence-electron chi connectivity index (χ1n) is 9.52. The normalized spacial score (nSPS) is 11.1. The highest BCUT2D eigenvalue weighted by Crippen LogP contribution is 2.22. The molecule has 0 atom stereocenters. The van der Waals surface area contributed by atoms with Crippen LogP contribution in [0, 0.1) is 0 Å². The van der Waals surface area contributed by atoms with Crippen LogP contribution >= 0.6 is 0 Å². The summed E-state index contributed by atoms with van der Waals surface area (Å²) in [5, 5.41) is 7.05. The van der Waals surface area contributed by atoms with Gasteiger partial charge >= 0.3 is 0 Å². The standard InChI is InChI=1S/C23H20N4O3S/c1-26(19-10-4-2-5-11-19)31(29,30)21-14-8-9-18(17-21)23(28)24-22-15-16-27(25-22)20-12-6-3-7-13-20/h2-17H,1H3,(H,24,25,28). The largest absolute Gasteiger partial charge is 0.305 e. The van der Waals surface area contributed by atoms with E-state index in [-0.39, 0.29) is 10.5 Å². The van der Waals surface area contributed by atoms with E-state index in [9.17, 15) is 13.2 Å². The number of rotatable bonds is 6. The summed E-state index contributed by atoms with van der Waals surface area (Å²) in [6, 6.07) is 25.9. The Bertz CT molecular complexity index is 1300. The Morgan fingerprint density at radius 3 is 2.29 bits per heavy atom. The van der Waals surface area contributed by atoms with Gasteiger partial charge in [-0.1, -0.05) is 42.5 Å². The quantitative estimate of drug-likeness (QED) is 0.500. The lowest BCUT2D eigenvalue weighted by atomic mass is 10.2. The van der Waals surface area contributed by atoms with Crippen molar-refractivity contribution < 1.29 is 13.2 Å². The lowest BCUT2D eigenvalue weighted by Crippen LogP contribution is -2.26. The molecule has 1 N–H and O–H groups in total. The average molecular weight is 433 g/mol. The van der Waals surface area contributed by atoms with Crippen molar-refractivity contribution in [1.29, 1.82) is 0 Å². The van der Waals surface area contributed by atoms with Crippen LogP contribution in [0.25, 0.3) is 5.69 Å². The van der Waals surface area contributed by atoms with E-state index in [1.807, 2.05) is 36.4 Å². The van der Waals surface area contributed by atoms with E-state index >= 15 is 0 Å². The van der Waals surface area contributed by atoms with E-state index < -0.39 is 15.9 Å². The number of para-hydroxylation sites is 2. The summed E-state index contributed by atoms with van der Waals surface area (Å²) in [6.45, 7) is 0. The average Bonchev–Trinajstić information content (AvgIpc) is 3.28. The number of nitrogens with one attached hydrogen (secondary N) is 1. The number of carbonyl (C=O) groups is 1. The zero-order chi connectivity index (χ0) is 21.8. The number of amides is 1. The molecular weight excluding hydrogens is 412 g/mol. The smallest absolute Gasteiger partial charge is 0.264 e. The van der Waals surface area contributed by atoms with Gasteiger partial charge in [0, 0.05) is 24.9 Å². The minimum Gasteiger partial charge on any atom is -0.305 e. The summed E-state index contributed by atoms with van der Waals surface area (Å²) < 4.78 is 28.8. The van der Waals surface area contributed by atoms with E-state index in [2.05, 4.69) is 10.4 Å². The number of carbonyl (C=O) groups excluding carboxylic acids is 1. The fourth-order valence-electron chi connectivity index (χ4n) is 3.04. The molecule has 1 aromatic heterocycles. The van der Waals surface area contributed by atoms with Gasteiger partial charge in [0.25, 0.3) is 15.9 Å². The zero-order valence-electron chi connectivity index (χ0n) is 16.7. The summed E-state index contributed by atoms with van der Waals surface area (Å²) in [5.41, 5.74) is 1.61. The van der Waals surface area contributed by atoms with E-state index in [1.54, 1.807) is 53.3 Å². The van der Waals surface area contributed by atoms with Crippen LogP contribution < -0.4 is 9.62 Å². The molecule has 0 aliphatic rings. The third-order valence-corrected chi connectivity index (χ3v) is 6.51. The van der Waals surface area contributed by atoms with Gasteiger partial charge in [0.1, 0.15) is 0 Å². The molecule has 3 aromatic carbocycles. The van der Waals surface area contributed by atoms with Crippen LogP contribution in [0.15, 0.2) is 102 Å². The number of aromatic nitrogens is 2. The van der Waals surface area contributed by atoms with Gasteiger partial charge in [0.05, 0.1) is 16.3 Å². The molecule has 0 unspecified atom stereocenters. The summed E-state index contributed by atoms with van der Waals surface area (Å²) in [5.74, 6) is -0.0822. The first kappa shape index (κ1) is 20.4. The van der Waals surface area contributed by atoms with Crippen molar-refractivity contribution in [2.75, 3.05) is 16.7 Å². The van der Waals surface area contributed by atoms with Gasteiger partial charge in [-0.3, -0.25) is 9.10 Å². The van der Waals surface area contributed by atoms with Gasteiger partial charge in [-0.15, -0.1) is 0 Å². The third-order valence-electron chi connectivity index (χ3n) is 4.73. The number of benzene rings is 3. The molecule has 0 fully saturated rings. The van der Waals surface area contributed by atoms with Crippen LogP contribution in [0.1, 0.15) is 10.4 Å². The molecule has 1 amide bonds. The zero-order valence-corrected chi connectivity index (χ0v) is 17.5. The number of anilines is 2. The van der Waals surface area contributed by atoms with Gasteiger partial charge < -0.3 is 5.32 Å². The Hall–Kier alpha value is -3.91. The van der Waals surface area contributed by atoms with Gasteiger partial charge in [0.15, 0.2) is 5.82 Å². The minimum atomic E-state index is -3.82. The number of sulfonamides is 1. The van der Waals surface area contributed by atoms with Gasteiger partial charge in [-0.2, -0.15) is 5.10 Å². The molecule has 8 heteroatoms. The lowest BCUT2D eigenvalue weighted by molar-refractivity contribution is 0.102. The number of hydrogen-bond donors (Lipinski definition) is 1. The molecule has 0 radical (unpaired) electrons. The Morgan fingerprint density at radius 1 is 0.903 bits per heavy atom. The topological polar surface area (TPSA) is 84.3 Å². The van der Waals surface area contributed by atoms with Crippen molar-refractivity contribution >= 4 is 27.4 Å². The molecule has 0 spiro atoms.